The van der Waals surface area contributed by atoms with Gasteiger partial charge in [-0.25, -0.2) is 4.39 Å². The van der Waals surface area contributed by atoms with Crippen LogP contribution in [0.5, 0.6) is 0 Å². The molecule has 0 atom stereocenters. The number of aromatic amines is 1. The fourth-order valence-corrected chi connectivity index (χ4v) is 1.21. The molecular formula is C12H15FN2. The van der Waals surface area contributed by atoms with Crippen molar-refractivity contribution in [2.75, 3.05) is 0 Å². The van der Waals surface area contributed by atoms with Crippen LogP contribution < -0.4 is 0 Å². The summed E-state index contributed by atoms with van der Waals surface area (Å²) in [7, 11) is 0. The van der Waals surface area contributed by atoms with Crippen LogP contribution >= 0.6 is 0 Å². The molecule has 0 aliphatic carbocycles. The van der Waals surface area contributed by atoms with Gasteiger partial charge in [0.15, 0.2) is 0 Å². The Morgan fingerprint density at radius 2 is 1.93 bits per heavy atom. The van der Waals surface area contributed by atoms with Crippen LogP contribution in [0.15, 0.2) is 30.3 Å². The summed E-state index contributed by atoms with van der Waals surface area (Å²) in [6.07, 6.45) is 0. The lowest BCUT2D eigenvalue weighted by atomic mass is 10.1. The quantitative estimate of drug-likeness (QED) is 0.759. The lowest BCUT2D eigenvalue weighted by Crippen LogP contribution is -1.79. The Labute approximate surface area is 89.2 Å². The summed E-state index contributed by atoms with van der Waals surface area (Å²) in [6.45, 7) is 5.91. The molecule has 0 spiro atoms. The molecule has 2 rings (SSSR count). The minimum Gasteiger partial charge on any atom is -0.282 e. The van der Waals surface area contributed by atoms with Gasteiger partial charge in [-0.2, -0.15) is 5.10 Å². The lowest BCUT2D eigenvalue weighted by Gasteiger charge is -1.94. The van der Waals surface area contributed by atoms with Crippen LogP contribution in [0.25, 0.3) is 11.3 Å². The summed E-state index contributed by atoms with van der Waals surface area (Å²) < 4.78 is 12.8. The van der Waals surface area contributed by atoms with Crippen molar-refractivity contribution < 1.29 is 4.39 Å². The van der Waals surface area contributed by atoms with Gasteiger partial charge in [0, 0.05) is 11.3 Å². The van der Waals surface area contributed by atoms with Gasteiger partial charge in [-0.15, -0.1) is 0 Å². The fourth-order valence-electron chi connectivity index (χ4n) is 1.21. The van der Waals surface area contributed by atoms with E-state index in [1.165, 1.54) is 12.1 Å². The Hall–Kier alpha value is -1.64. The average molecular weight is 206 g/mol. The predicted molar refractivity (Wildman–Crippen MR) is 60.1 cm³/mol. The molecule has 15 heavy (non-hydrogen) atoms. The smallest absolute Gasteiger partial charge is 0.123 e. The van der Waals surface area contributed by atoms with E-state index in [2.05, 4.69) is 10.2 Å². The molecule has 0 aliphatic heterocycles. The highest BCUT2D eigenvalue weighted by Gasteiger charge is 2.01. The average Bonchev–Trinajstić information content (AvgIpc) is 2.68. The molecule has 1 aromatic heterocycles. The number of H-pyrrole nitrogens is 1. The van der Waals surface area contributed by atoms with Crippen molar-refractivity contribution >= 4 is 0 Å². The van der Waals surface area contributed by atoms with E-state index in [1.54, 1.807) is 6.07 Å². The molecule has 0 bridgehead atoms. The summed E-state index contributed by atoms with van der Waals surface area (Å²) in [6, 6.07) is 8.28. The van der Waals surface area contributed by atoms with Crippen LogP contribution in [-0.2, 0) is 0 Å². The maximum Gasteiger partial charge on any atom is 0.123 e. The standard InChI is InChI=1S/C10H9FN2.C2H6/c1-7-5-10(13-12-7)8-3-2-4-9(11)6-8;1-2/h2-6H,1H3,(H,12,13);1-2H3. The predicted octanol–water partition coefficient (Wildman–Crippen LogP) is 3.55. The summed E-state index contributed by atoms with van der Waals surface area (Å²) >= 11 is 0. The van der Waals surface area contributed by atoms with Crippen molar-refractivity contribution in [3.63, 3.8) is 0 Å². The van der Waals surface area contributed by atoms with Gasteiger partial charge < -0.3 is 0 Å². The molecular weight excluding hydrogens is 191 g/mol. The van der Waals surface area contributed by atoms with E-state index in [1.807, 2.05) is 32.9 Å². The molecule has 0 amide bonds. The number of benzene rings is 1. The second-order valence-electron chi connectivity index (χ2n) is 2.95. The van der Waals surface area contributed by atoms with Crippen molar-refractivity contribution in [2.24, 2.45) is 0 Å². The first kappa shape index (κ1) is 11.4. The zero-order chi connectivity index (χ0) is 11.3. The molecule has 0 saturated carbocycles. The van der Waals surface area contributed by atoms with Crippen molar-refractivity contribution in [2.45, 2.75) is 20.8 Å². The molecule has 1 N–H and O–H groups in total. The van der Waals surface area contributed by atoms with Gasteiger partial charge in [-0.05, 0) is 25.1 Å². The number of nitrogens with zero attached hydrogens (tertiary/aromatic N) is 1. The lowest BCUT2D eigenvalue weighted by molar-refractivity contribution is 0.628. The zero-order valence-corrected chi connectivity index (χ0v) is 9.21. The summed E-state index contributed by atoms with van der Waals surface area (Å²) in [5, 5.41) is 6.85. The van der Waals surface area contributed by atoms with Crippen molar-refractivity contribution in [3.8, 4) is 11.3 Å². The number of aryl methyl sites for hydroxylation is 1. The van der Waals surface area contributed by atoms with Gasteiger partial charge in [0.25, 0.3) is 0 Å². The fraction of sp³-hybridized carbons (Fsp3) is 0.250. The molecule has 0 aliphatic rings. The Morgan fingerprint density at radius 3 is 2.47 bits per heavy atom. The van der Waals surface area contributed by atoms with E-state index < -0.39 is 0 Å². The van der Waals surface area contributed by atoms with E-state index in [0.29, 0.717) is 0 Å². The van der Waals surface area contributed by atoms with Gasteiger partial charge in [0.05, 0.1) is 5.69 Å². The monoisotopic (exact) mass is 206 g/mol. The highest BCUT2D eigenvalue weighted by Crippen LogP contribution is 2.17. The van der Waals surface area contributed by atoms with E-state index in [0.717, 1.165) is 17.0 Å². The first-order valence-electron chi connectivity index (χ1n) is 5.03. The van der Waals surface area contributed by atoms with Gasteiger partial charge in [0.2, 0.25) is 0 Å². The number of hydrogen-bond donors (Lipinski definition) is 1. The Bertz CT molecular complexity index is 421. The van der Waals surface area contributed by atoms with Gasteiger partial charge >= 0.3 is 0 Å². The van der Waals surface area contributed by atoms with Crippen molar-refractivity contribution in [3.05, 3.63) is 41.8 Å². The molecule has 2 nitrogen and oxygen atoms in total. The van der Waals surface area contributed by atoms with Crippen LogP contribution in [0.1, 0.15) is 19.5 Å². The molecule has 1 heterocycles. The maximum absolute atomic E-state index is 12.8. The zero-order valence-electron chi connectivity index (χ0n) is 9.21. The number of aromatic nitrogens is 2. The maximum atomic E-state index is 12.8. The molecule has 0 fully saturated rings. The molecule has 0 saturated heterocycles. The van der Waals surface area contributed by atoms with Crippen LogP contribution in [-0.4, -0.2) is 10.2 Å². The second-order valence-corrected chi connectivity index (χ2v) is 2.95. The molecule has 80 valence electrons. The van der Waals surface area contributed by atoms with Crippen LogP contribution in [0.3, 0.4) is 0 Å². The third kappa shape index (κ3) is 2.91. The summed E-state index contributed by atoms with van der Waals surface area (Å²) in [5.41, 5.74) is 2.54. The van der Waals surface area contributed by atoms with Gasteiger partial charge in [0.1, 0.15) is 5.82 Å². The Kier molecular flexibility index (Phi) is 4.03. The molecule has 0 unspecified atom stereocenters. The third-order valence-electron chi connectivity index (χ3n) is 1.83. The minimum atomic E-state index is -0.238. The van der Waals surface area contributed by atoms with Crippen molar-refractivity contribution in [1.82, 2.24) is 10.2 Å². The molecule has 0 radical (unpaired) electrons. The number of nitrogens with one attached hydrogen (secondary N) is 1. The first-order chi connectivity index (χ1) is 7.25. The topological polar surface area (TPSA) is 28.7 Å². The van der Waals surface area contributed by atoms with Crippen LogP contribution in [0.2, 0.25) is 0 Å². The van der Waals surface area contributed by atoms with E-state index in [4.69, 9.17) is 0 Å². The van der Waals surface area contributed by atoms with E-state index in [9.17, 15) is 4.39 Å². The Balaban J connectivity index is 0.000000531. The molecule has 1 aromatic carbocycles. The highest BCUT2D eigenvalue weighted by atomic mass is 19.1. The normalized spacial score (nSPS) is 9.33. The highest BCUT2D eigenvalue weighted by molar-refractivity contribution is 5.58. The summed E-state index contributed by atoms with van der Waals surface area (Å²) in [4.78, 5) is 0. The van der Waals surface area contributed by atoms with Crippen molar-refractivity contribution in [1.29, 1.82) is 0 Å². The first-order valence-corrected chi connectivity index (χ1v) is 5.03. The second kappa shape index (κ2) is 5.29. The number of halogens is 1. The van der Waals surface area contributed by atoms with Crippen LogP contribution in [0, 0.1) is 12.7 Å². The molecule has 2 aromatic rings. The summed E-state index contributed by atoms with van der Waals surface area (Å²) in [5.74, 6) is -0.238. The number of rotatable bonds is 1. The largest absolute Gasteiger partial charge is 0.282 e. The van der Waals surface area contributed by atoms with E-state index >= 15 is 0 Å². The van der Waals surface area contributed by atoms with Crippen LogP contribution in [0.4, 0.5) is 4.39 Å². The number of hydrogen-bond acceptors (Lipinski definition) is 1. The Morgan fingerprint density at radius 1 is 1.20 bits per heavy atom. The van der Waals surface area contributed by atoms with Gasteiger partial charge in [-0.3, -0.25) is 5.10 Å². The SMILES string of the molecule is CC.Cc1cc(-c2cccc(F)c2)n[nH]1. The third-order valence-corrected chi connectivity index (χ3v) is 1.83. The molecule has 3 heteroatoms. The van der Waals surface area contributed by atoms with E-state index in [-0.39, 0.29) is 5.82 Å². The minimum absolute atomic E-state index is 0.238. The van der Waals surface area contributed by atoms with Gasteiger partial charge in [-0.1, -0.05) is 26.0 Å².